The predicted octanol–water partition coefficient (Wildman–Crippen LogP) is 1.18. The van der Waals surface area contributed by atoms with Gasteiger partial charge in [0.15, 0.2) is 0 Å². The van der Waals surface area contributed by atoms with Crippen LogP contribution in [0.4, 0.5) is 4.79 Å². The smallest absolute Gasteiger partial charge is 0.314 e. The minimum atomic E-state index is -0.867. The number of nitrogens with one attached hydrogen (secondary N) is 2. The number of urea groups is 1. The maximum atomic E-state index is 11.7. The van der Waals surface area contributed by atoms with Crippen LogP contribution in [-0.2, 0) is 0 Å². The third-order valence-corrected chi connectivity index (χ3v) is 4.23. The highest BCUT2D eigenvalue weighted by Gasteiger charge is 2.29. The number of likely N-dealkylation sites (N-methyl/N-ethyl adjacent to an activating group) is 1. The summed E-state index contributed by atoms with van der Waals surface area (Å²) in [6, 6.07) is 0.822. The fourth-order valence-corrected chi connectivity index (χ4v) is 1.75. The van der Waals surface area contributed by atoms with E-state index in [2.05, 4.69) is 29.5 Å². The van der Waals surface area contributed by atoms with Crippen LogP contribution >= 0.6 is 0 Å². The van der Waals surface area contributed by atoms with Crippen molar-refractivity contribution in [1.82, 2.24) is 15.5 Å². The maximum absolute atomic E-state index is 11.7. The first-order valence-electron chi connectivity index (χ1n) is 7.20. The molecule has 0 radical (unpaired) electrons. The van der Waals surface area contributed by atoms with E-state index in [-0.39, 0.29) is 18.5 Å². The molecule has 0 saturated heterocycles. The molecule has 0 aromatic carbocycles. The van der Waals surface area contributed by atoms with Crippen molar-refractivity contribution in [3.63, 3.8) is 0 Å². The molecule has 0 bridgehead atoms. The second-order valence-corrected chi connectivity index (χ2v) is 6.32. The van der Waals surface area contributed by atoms with Gasteiger partial charge in [-0.15, -0.1) is 0 Å². The van der Waals surface area contributed by atoms with Crippen LogP contribution in [0.15, 0.2) is 0 Å². The summed E-state index contributed by atoms with van der Waals surface area (Å²) >= 11 is 0. The van der Waals surface area contributed by atoms with E-state index in [1.807, 2.05) is 13.8 Å². The van der Waals surface area contributed by atoms with Gasteiger partial charge in [0.05, 0.1) is 5.60 Å². The van der Waals surface area contributed by atoms with E-state index in [9.17, 15) is 9.90 Å². The van der Waals surface area contributed by atoms with Crippen molar-refractivity contribution in [2.75, 3.05) is 20.1 Å². The Hall–Kier alpha value is -0.810. The third-order valence-electron chi connectivity index (χ3n) is 4.23. The molecule has 1 saturated carbocycles. The molecule has 5 heteroatoms. The van der Waals surface area contributed by atoms with Crippen molar-refractivity contribution in [3.8, 4) is 0 Å². The highest BCUT2D eigenvalue weighted by atomic mass is 16.3. The van der Waals surface area contributed by atoms with Crippen molar-refractivity contribution >= 4 is 6.03 Å². The lowest BCUT2D eigenvalue weighted by atomic mass is 9.93. The Morgan fingerprint density at radius 2 is 1.95 bits per heavy atom. The summed E-state index contributed by atoms with van der Waals surface area (Å²) in [4.78, 5) is 14.0. The molecule has 0 aliphatic heterocycles. The number of hydrogen-bond donors (Lipinski definition) is 3. The molecule has 3 N–H and O–H groups in total. The minimum absolute atomic E-state index is 0.104. The van der Waals surface area contributed by atoms with Gasteiger partial charge in [-0.1, -0.05) is 13.8 Å². The fourth-order valence-electron chi connectivity index (χ4n) is 1.75. The van der Waals surface area contributed by atoms with Gasteiger partial charge in [0.2, 0.25) is 0 Å². The van der Waals surface area contributed by atoms with Crippen molar-refractivity contribution in [2.45, 2.75) is 58.2 Å². The van der Waals surface area contributed by atoms with Crippen LogP contribution in [0.3, 0.4) is 0 Å². The number of hydrogen-bond acceptors (Lipinski definition) is 3. The number of carbonyl (C=O) groups excluding carboxylic acids is 1. The summed E-state index contributed by atoms with van der Waals surface area (Å²) < 4.78 is 0. The average molecular weight is 271 g/mol. The lowest BCUT2D eigenvalue weighted by Crippen LogP contribution is -2.49. The second-order valence-electron chi connectivity index (χ2n) is 6.32. The van der Waals surface area contributed by atoms with Crippen LogP contribution < -0.4 is 10.6 Å². The Bertz CT molecular complexity index is 301. The summed E-state index contributed by atoms with van der Waals surface area (Å²) in [6.07, 6.45) is 2.54. The largest absolute Gasteiger partial charge is 0.388 e. The average Bonchev–Trinajstić information content (AvgIpc) is 3.16. The molecular weight excluding hydrogens is 242 g/mol. The zero-order valence-corrected chi connectivity index (χ0v) is 12.9. The van der Waals surface area contributed by atoms with Gasteiger partial charge in [0.1, 0.15) is 0 Å². The van der Waals surface area contributed by atoms with Crippen molar-refractivity contribution in [1.29, 1.82) is 0 Å². The van der Waals surface area contributed by atoms with E-state index in [4.69, 9.17) is 0 Å². The Morgan fingerprint density at radius 1 is 1.37 bits per heavy atom. The first kappa shape index (κ1) is 16.2. The number of nitrogens with zero attached hydrogens (tertiary/aromatic N) is 1. The Labute approximate surface area is 116 Å². The number of amides is 2. The van der Waals surface area contributed by atoms with Gasteiger partial charge in [-0.05, 0) is 39.7 Å². The molecule has 2 amide bonds. The summed E-state index contributed by atoms with van der Waals surface area (Å²) in [5.74, 6) is 0.104. The predicted molar refractivity (Wildman–Crippen MR) is 77.1 cm³/mol. The van der Waals surface area contributed by atoms with Gasteiger partial charge in [-0.25, -0.2) is 4.79 Å². The summed E-state index contributed by atoms with van der Waals surface area (Å²) in [6.45, 7) is 8.62. The van der Waals surface area contributed by atoms with E-state index >= 15 is 0 Å². The fraction of sp³-hybridized carbons (Fsp3) is 0.929. The Balaban J connectivity index is 2.20. The van der Waals surface area contributed by atoms with E-state index < -0.39 is 5.60 Å². The standard InChI is InChI=1S/C14H29N3O2/c1-10(2)14(4,19)9-16-13(18)15-8-11(3)17(5)12-6-7-12/h10-12,19H,6-9H2,1-5H3,(H2,15,16,18). The van der Waals surface area contributed by atoms with Crippen LogP contribution in [-0.4, -0.2) is 53.9 Å². The van der Waals surface area contributed by atoms with Gasteiger partial charge in [-0.2, -0.15) is 0 Å². The van der Waals surface area contributed by atoms with E-state index in [1.165, 1.54) is 12.8 Å². The molecule has 2 atom stereocenters. The minimum Gasteiger partial charge on any atom is -0.388 e. The first-order chi connectivity index (χ1) is 8.74. The summed E-state index contributed by atoms with van der Waals surface area (Å²) in [5, 5.41) is 15.6. The topological polar surface area (TPSA) is 64.6 Å². The molecule has 0 heterocycles. The second kappa shape index (κ2) is 6.57. The molecule has 0 spiro atoms. The van der Waals surface area contributed by atoms with Crippen LogP contribution in [0, 0.1) is 5.92 Å². The molecule has 1 aliphatic carbocycles. The van der Waals surface area contributed by atoms with Crippen molar-refractivity contribution in [3.05, 3.63) is 0 Å². The molecule has 1 aliphatic rings. The first-order valence-corrected chi connectivity index (χ1v) is 7.20. The normalized spacial score (nSPS) is 20.2. The maximum Gasteiger partial charge on any atom is 0.314 e. The van der Waals surface area contributed by atoms with Gasteiger partial charge in [-0.3, -0.25) is 4.90 Å². The quantitative estimate of drug-likeness (QED) is 0.651. The molecule has 0 aromatic rings. The lowest BCUT2D eigenvalue weighted by molar-refractivity contribution is 0.0166. The van der Waals surface area contributed by atoms with Gasteiger partial charge in [0.25, 0.3) is 0 Å². The number of aliphatic hydroxyl groups is 1. The highest BCUT2D eigenvalue weighted by molar-refractivity contribution is 5.73. The molecule has 112 valence electrons. The summed E-state index contributed by atoms with van der Waals surface area (Å²) in [7, 11) is 2.10. The van der Waals surface area contributed by atoms with E-state index in [1.54, 1.807) is 6.92 Å². The van der Waals surface area contributed by atoms with Crippen LogP contribution in [0.1, 0.15) is 40.5 Å². The molecule has 5 nitrogen and oxygen atoms in total. The van der Waals surface area contributed by atoms with Crippen molar-refractivity contribution in [2.24, 2.45) is 5.92 Å². The third kappa shape index (κ3) is 5.37. The Morgan fingerprint density at radius 3 is 2.42 bits per heavy atom. The molecular formula is C14H29N3O2. The summed E-state index contributed by atoms with van der Waals surface area (Å²) in [5.41, 5.74) is -0.867. The number of carbonyl (C=O) groups is 1. The van der Waals surface area contributed by atoms with Crippen LogP contribution in [0.5, 0.6) is 0 Å². The number of rotatable bonds is 7. The van der Waals surface area contributed by atoms with Crippen molar-refractivity contribution < 1.29 is 9.90 Å². The SMILES string of the molecule is CC(CNC(=O)NCC(C)(O)C(C)C)N(C)C1CC1. The Kier molecular flexibility index (Phi) is 5.62. The highest BCUT2D eigenvalue weighted by Crippen LogP contribution is 2.26. The molecule has 19 heavy (non-hydrogen) atoms. The molecule has 1 fully saturated rings. The van der Waals surface area contributed by atoms with Gasteiger partial charge >= 0.3 is 6.03 Å². The van der Waals surface area contributed by atoms with Gasteiger partial charge < -0.3 is 15.7 Å². The monoisotopic (exact) mass is 271 g/mol. The molecule has 2 unspecified atom stereocenters. The molecule has 1 rings (SSSR count). The molecule has 0 aromatic heterocycles. The van der Waals surface area contributed by atoms with E-state index in [0.29, 0.717) is 18.6 Å². The zero-order chi connectivity index (χ0) is 14.6. The lowest BCUT2D eigenvalue weighted by Gasteiger charge is -2.28. The zero-order valence-electron chi connectivity index (χ0n) is 12.9. The van der Waals surface area contributed by atoms with Crippen LogP contribution in [0.25, 0.3) is 0 Å². The van der Waals surface area contributed by atoms with Gasteiger partial charge in [0, 0.05) is 25.2 Å². The van der Waals surface area contributed by atoms with Crippen LogP contribution in [0.2, 0.25) is 0 Å². The van der Waals surface area contributed by atoms with E-state index in [0.717, 1.165) is 0 Å².